The van der Waals surface area contributed by atoms with Crippen molar-refractivity contribution in [3.05, 3.63) is 0 Å². The molecule has 22 heavy (non-hydrogen) atoms. The molecular weight excluding hydrogens is 296 g/mol. The maximum Gasteiger partial charge on any atom is 0.303 e. The first-order valence-electron chi connectivity index (χ1n) is 7.12. The number of carboxylic acid groups (broad SMARTS) is 2. The summed E-state index contributed by atoms with van der Waals surface area (Å²) in [6.45, 7) is 9.36. The lowest BCUT2D eigenvalue weighted by atomic mass is 10.3. The van der Waals surface area contributed by atoms with Gasteiger partial charge in [-0.25, -0.2) is 0 Å². The highest BCUT2D eigenvalue weighted by Gasteiger charge is 2.01. The Morgan fingerprint density at radius 2 is 1.41 bits per heavy atom. The molecule has 0 radical (unpaired) electrons. The van der Waals surface area contributed by atoms with Gasteiger partial charge in [0.25, 0.3) is 0 Å². The molecule has 134 valence electrons. The van der Waals surface area contributed by atoms with Gasteiger partial charge in [0.15, 0.2) is 0 Å². The second-order valence-corrected chi connectivity index (χ2v) is 4.24. The Morgan fingerprint density at radius 1 is 1.00 bits per heavy atom. The van der Waals surface area contributed by atoms with Crippen molar-refractivity contribution in [3.8, 4) is 0 Å². The van der Waals surface area contributed by atoms with Crippen molar-refractivity contribution < 1.29 is 39.5 Å². The van der Waals surface area contributed by atoms with Gasteiger partial charge in [0.05, 0.1) is 38.3 Å². The zero-order chi connectivity index (χ0) is 18.0. The summed E-state index contributed by atoms with van der Waals surface area (Å²) >= 11 is 0. The van der Waals surface area contributed by atoms with Crippen LogP contribution in [0.2, 0.25) is 0 Å². The van der Waals surface area contributed by atoms with Crippen molar-refractivity contribution in [1.82, 2.24) is 0 Å². The first-order valence-corrected chi connectivity index (χ1v) is 7.12. The minimum Gasteiger partial charge on any atom is -0.481 e. The first-order chi connectivity index (χ1) is 10.2. The molecule has 2 atom stereocenters. The van der Waals surface area contributed by atoms with Crippen molar-refractivity contribution in [3.63, 3.8) is 0 Å². The van der Waals surface area contributed by atoms with Crippen molar-refractivity contribution >= 4 is 11.9 Å². The molecule has 0 heterocycles. The molecule has 0 bridgehead atoms. The highest BCUT2D eigenvalue weighted by molar-refractivity contribution is 5.75. The highest BCUT2D eigenvalue weighted by Crippen LogP contribution is 1.90. The summed E-state index contributed by atoms with van der Waals surface area (Å²) in [5, 5.41) is 32.9. The van der Waals surface area contributed by atoms with E-state index in [1.807, 2.05) is 13.8 Å². The van der Waals surface area contributed by atoms with Crippen LogP contribution < -0.4 is 0 Å². The molecule has 0 aliphatic heterocycles. The summed E-state index contributed by atoms with van der Waals surface area (Å²) in [6.07, 6.45) is -1.21. The van der Waals surface area contributed by atoms with Crippen molar-refractivity contribution in [2.75, 3.05) is 26.4 Å². The molecule has 0 rings (SSSR count). The lowest BCUT2D eigenvalue weighted by Crippen LogP contribution is -2.19. The number of aliphatic carboxylic acids is 2. The van der Waals surface area contributed by atoms with Crippen LogP contribution in [0.5, 0.6) is 0 Å². The van der Waals surface area contributed by atoms with E-state index in [9.17, 15) is 9.59 Å². The molecule has 8 heteroatoms. The topological polar surface area (TPSA) is 134 Å². The van der Waals surface area contributed by atoms with E-state index < -0.39 is 18.0 Å². The van der Waals surface area contributed by atoms with E-state index in [4.69, 9.17) is 29.9 Å². The Bertz CT molecular complexity index is 239. The zero-order valence-electron chi connectivity index (χ0n) is 13.8. The minimum atomic E-state index is -1.08. The van der Waals surface area contributed by atoms with Gasteiger partial charge >= 0.3 is 11.9 Å². The molecule has 2 unspecified atom stereocenters. The number of aliphatic hydroxyl groups is 2. The molecular formula is C14H30O8. The summed E-state index contributed by atoms with van der Waals surface area (Å²) in [4.78, 5) is 19.3. The predicted octanol–water partition coefficient (Wildman–Crippen LogP) is 0.743. The molecule has 0 spiro atoms. The van der Waals surface area contributed by atoms with E-state index in [0.29, 0.717) is 6.61 Å². The third kappa shape index (κ3) is 36.3. The number of hydrogen-bond donors (Lipinski definition) is 4. The monoisotopic (exact) mass is 326 g/mol. The maximum absolute atomic E-state index is 9.64. The summed E-state index contributed by atoms with van der Waals surface area (Å²) in [5.74, 6) is -2.15. The predicted molar refractivity (Wildman–Crippen MR) is 80.9 cm³/mol. The molecule has 0 aromatic heterocycles. The van der Waals surface area contributed by atoms with Crippen LogP contribution in [-0.4, -0.2) is 71.0 Å². The van der Waals surface area contributed by atoms with Crippen LogP contribution in [0.1, 0.15) is 40.5 Å². The molecule has 0 aromatic rings. The second kappa shape index (κ2) is 19.8. The molecule has 0 fully saturated rings. The number of aliphatic hydroxyl groups excluding tert-OH is 2. The van der Waals surface area contributed by atoms with Gasteiger partial charge in [0, 0.05) is 13.2 Å². The standard InChI is InChI=1S/C6H14O3.C4H6O4.C4H10O/c1-5(8)4-9-6(2)3-7;5-3(6)1-2-4(7)8;1-3-5-4-2/h5-8H,3-4H2,1-2H3;1-2H2,(H,5,6)(H,7,8);3-4H2,1-2H3. The van der Waals surface area contributed by atoms with Crippen LogP contribution in [0, 0.1) is 0 Å². The van der Waals surface area contributed by atoms with Crippen LogP contribution in [0.3, 0.4) is 0 Å². The average molecular weight is 326 g/mol. The maximum atomic E-state index is 9.64. The van der Waals surface area contributed by atoms with E-state index in [-0.39, 0.29) is 25.6 Å². The van der Waals surface area contributed by atoms with Crippen molar-refractivity contribution in [2.24, 2.45) is 0 Å². The highest BCUT2D eigenvalue weighted by atomic mass is 16.5. The Kier molecular flexibility index (Phi) is 23.1. The number of hydrogen-bond acceptors (Lipinski definition) is 6. The average Bonchev–Trinajstić information content (AvgIpc) is 2.44. The molecule has 0 amide bonds. The van der Waals surface area contributed by atoms with Crippen LogP contribution >= 0.6 is 0 Å². The number of carboxylic acids is 2. The van der Waals surface area contributed by atoms with Gasteiger partial charge in [-0.1, -0.05) is 0 Å². The molecule has 0 aliphatic carbocycles. The molecule has 8 nitrogen and oxygen atoms in total. The van der Waals surface area contributed by atoms with Crippen molar-refractivity contribution in [1.29, 1.82) is 0 Å². The largest absolute Gasteiger partial charge is 0.481 e. The fourth-order valence-electron chi connectivity index (χ4n) is 0.774. The number of ether oxygens (including phenoxy) is 2. The summed E-state index contributed by atoms with van der Waals surface area (Å²) < 4.78 is 9.79. The Labute approximate surface area is 131 Å². The Morgan fingerprint density at radius 3 is 1.59 bits per heavy atom. The van der Waals surface area contributed by atoms with Crippen LogP contribution in [0.15, 0.2) is 0 Å². The van der Waals surface area contributed by atoms with Gasteiger partial charge in [-0.2, -0.15) is 0 Å². The van der Waals surface area contributed by atoms with Crippen LogP contribution in [0.4, 0.5) is 0 Å². The van der Waals surface area contributed by atoms with E-state index in [2.05, 4.69) is 0 Å². The van der Waals surface area contributed by atoms with E-state index >= 15 is 0 Å². The quantitative estimate of drug-likeness (QED) is 0.487. The van der Waals surface area contributed by atoms with Crippen LogP contribution in [-0.2, 0) is 19.1 Å². The fraction of sp³-hybridized carbons (Fsp3) is 0.857. The fourth-order valence-corrected chi connectivity index (χ4v) is 0.774. The SMILES string of the molecule is CC(O)COC(C)CO.CCOCC.O=C(O)CCC(=O)O. The molecule has 0 saturated heterocycles. The Hall–Kier alpha value is -1.22. The zero-order valence-corrected chi connectivity index (χ0v) is 13.8. The third-order valence-corrected chi connectivity index (χ3v) is 1.84. The lowest BCUT2D eigenvalue weighted by Gasteiger charge is -2.10. The minimum absolute atomic E-state index is 0.00667. The molecule has 4 N–H and O–H groups in total. The van der Waals surface area contributed by atoms with E-state index in [1.165, 1.54) is 0 Å². The second-order valence-electron chi connectivity index (χ2n) is 4.24. The van der Waals surface area contributed by atoms with E-state index in [0.717, 1.165) is 13.2 Å². The lowest BCUT2D eigenvalue weighted by molar-refractivity contribution is -0.143. The van der Waals surface area contributed by atoms with Gasteiger partial charge in [-0.15, -0.1) is 0 Å². The van der Waals surface area contributed by atoms with Crippen LogP contribution in [0.25, 0.3) is 0 Å². The first kappa shape index (κ1) is 25.7. The van der Waals surface area contributed by atoms with Gasteiger partial charge < -0.3 is 29.9 Å². The van der Waals surface area contributed by atoms with Gasteiger partial charge in [0.2, 0.25) is 0 Å². The summed E-state index contributed by atoms with van der Waals surface area (Å²) in [7, 11) is 0. The molecule has 0 aliphatic rings. The number of carbonyl (C=O) groups is 2. The van der Waals surface area contributed by atoms with E-state index in [1.54, 1.807) is 13.8 Å². The summed E-state index contributed by atoms with van der Waals surface area (Å²) in [6, 6.07) is 0. The summed E-state index contributed by atoms with van der Waals surface area (Å²) in [5.41, 5.74) is 0. The van der Waals surface area contributed by atoms with Gasteiger partial charge in [0.1, 0.15) is 0 Å². The smallest absolute Gasteiger partial charge is 0.303 e. The number of rotatable bonds is 9. The third-order valence-electron chi connectivity index (χ3n) is 1.84. The van der Waals surface area contributed by atoms with Gasteiger partial charge in [-0.05, 0) is 27.7 Å². The Balaban J connectivity index is -0.000000257. The van der Waals surface area contributed by atoms with Gasteiger partial charge in [-0.3, -0.25) is 9.59 Å². The molecule has 0 saturated carbocycles. The normalized spacial score (nSPS) is 12.1. The van der Waals surface area contributed by atoms with Crippen molar-refractivity contribution in [2.45, 2.75) is 52.7 Å². The molecule has 0 aromatic carbocycles.